The third-order valence-electron chi connectivity index (χ3n) is 6.37. The summed E-state index contributed by atoms with van der Waals surface area (Å²) in [5.74, 6) is 0.474. The summed E-state index contributed by atoms with van der Waals surface area (Å²) in [7, 11) is 0. The summed E-state index contributed by atoms with van der Waals surface area (Å²) >= 11 is 0. The Kier molecular flexibility index (Phi) is 4.20. The van der Waals surface area contributed by atoms with Gasteiger partial charge in [0.15, 0.2) is 0 Å². The molecule has 0 aliphatic carbocycles. The number of hydrogen-bond donors (Lipinski definition) is 2. The highest BCUT2D eigenvalue weighted by atomic mass is 16.5. The molecule has 4 nitrogen and oxygen atoms in total. The number of piperidine rings is 2. The van der Waals surface area contributed by atoms with E-state index in [4.69, 9.17) is 4.74 Å². The quantitative estimate of drug-likeness (QED) is 0.893. The van der Waals surface area contributed by atoms with E-state index in [0.29, 0.717) is 25.0 Å². The molecule has 0 bridgehead atoms. The number of hydrogen-bond acceptors (Lipinski definition) is 4. The van der Waals surface area contributed by atoms with Gasteiger partial charge in [-0.05, 0) is 44.1 Å². The standard InChI is InChI=1S/C20H29NO3/c1-13-8-19(24-12-14-6-4-3-5-7-14)15-9-18(22)17-11-20(2,23)10-16(13)21(15)17/h3-7,13,15-19,22-23H,8-12H2,1-2H3/t13-,15-,16-,17?,18+,19-,20?/m1/s1. The Labute approximate surface area is 144 Å². The van der Waals surface area contributed by atoms with Crippen molar-refractivity contribution < 1.29 is 14.9 Å². The first-order valence-corrected chi connectivity index (χ1v) is 9.28. The van der Waals surface area contributed by atoms with Crippen LogP contribution in [0.4, 0.5) is 0 Å². The lowest BCUT2D eigenvalue weighted by Crippen LogP contribution is -2.63. The van der Waals surface area contributed by atoms with Crippen LogP contribution in [-0.4, -0.2) is 51.0 Å². The number of aliphatic hydroxyl groups excluding tert-OH is 1. The van der Waals surface area contributed by atoms with Crippen molar-refractivity contribution in [2.24, 2.45) is 5.92 Å². The SMILES string of the molecule is C[C@@H]1C[C@@H](OCc2ccccc2)[C@H]2C[C@H](O)C3CC(C)(O)C[C@H]1N32. The average Bonchev–Trinajstić information content (AvgIpc) is 2.87. The molecule has 132 valence electrons. The van der Waals surface area contributed by atoms with Crippen molar-refractivity contribution >= 4 is 0 Å². The summed E-state index contributed by atoms with van der Waals surface area (Å²) in [6.07, 6.45) is 3.06. The van der Waals surface area contributed by atoms with E-state index in [2.05, 4.69) is 24.0 Å². The van der Waals surface area contributed by atoms with Crippen LogP contribution in [0.3, 0.4) is 0 Å². The fraction of sp³-hybridized carbons (Fsp3) is 0.700. The normalized spacial score (nSPS) is 45.2. The fourth-order valence-corrected chi connectivity index (χ4v) is 5.27. The van der Waals surface area contributed by atoms with Gasteiger partial charge in [-0.3, -0.25) is 4.90 Å². The van der Waals surface area contributed by atoms with Gasteiger partial charge < -0.3 is 14.9 Å². The molecule has 2 N–H and O–H groups in total. The minimum absolute atomic E-state index is 0.0781. The second kappa shape index (κ2) is 6.10. The second-order valence-electron chi connectivity index (χ2n) is 8.41. The molecule has 3 fully saturated rings. The minimum Gasteiger partial charge on any atom is -0.391 e. The van der Waals surface area contributed by atoms with Gasteiger partial charge in [-0.15, -0.1) is 0 Å². The Morgan fingerprint density at radius 2 is 1.83 bits per heavy atom. The molecule has 24 heavy (non-hydrogen) atoms. The van der Waals surface area contributed by atoms with Crippen LogP contribution in [0, 0.1) is 5.92 Å². The van der Waals surface area contributed by atoms with Gasteiger partial charge in [0.1, 0.15) is 0 Å². The highest BCUT2D eigenvalue weighted by Gasteiger charge is 2.56. The second-order valence-corrected chi connectivity index (χ2v) is 8.41. The van der Waals surface area contributed by atoms with Crippen LogP contribution in [0.15, 0.2) is 30.3 Å². The molecule has 3 saturated heterocycles. The molecule has 0 aromatic heterocycles. The van der Waals surface area contributed by atoms with Crippen molar-refractivity contribution in [3.63, 3.8) is 0 Å². The van der Waals surface area contributed by atoms with E-state index in [1.54, 1.807) is 0 Å². The molecule has 4 heteroatoms. The highest BCUT2D eigenvalue weighted by molar-refractivity contribution is 5.14. The lowest BCUT2D eigenvalue weighted by molar-refractivity contribution is -0.139. The Balaban J connectivity index is 1.51. The van der Waals surface area contributed by atoms with Gasteiger partial charge in [0.05, 0.1) is 24.4 Å². The van der Waals surface area contributed by atoms with Crippen molar-refractivity contribution in [1.82, 2.24) is 4.90 Å². The predicted molar refractivity (Wildman–Crippen MR) is 92.5 cm³/mol. The van der Waals surface area contributed by atoms with Crippen LogP contribution in [0.1, 0.15) is 45.1 Å². The van der Waals surface area contributed by atoms with E-state index >= 15 is 0 Å². The van der Waals surface area contributed by atoms with Gasteiger partial charge in [0.2, 0.25) is 0 Å². The summed E-state index contributed by atoms with van der Waals surface area (Å²) in [6.45, 7) is 4.82. The molecule has 0 saturated carbocycles. The van der Waals surface area contributed by atoms with Crippen molar-refractivity contribution in [1.29, 1.82) is 0 Å². The number of ether oxygens (including phenoxy) is 1. The number of aliphatic hydroxyl groups is 2. The maximum atomic E-state index is 10.6. The van der Waals surface area contributed by atoms with Crippen molar-refractivity contribution in [2.45, 2.75) is 82.1 Å². The molecule has 0 radical (unpaired) electrons. The molecule has 3 heterocycles. The highest BCUT2D eigenvalue weighted by Crippen LogP contribution is 2.47. The van der Waals surface area contributed by atoms with Crippen molar-refractivity contribution in [3.05, 3.63) is 35.9 Å². The molecular formula is C20H29NO3. The zero-order chi connectivity index (χ0) is 16.9. The molecule has 4 rings (SSSR count). The maximum Gasteiger partial charge on any atom is 0.0739 e. The summed E-state index contributed by atoms with van der Waals surface area (Å²) in [5, 5.41) is 21.2. The van der Waals surface area contributed by atoms with E-state index in [1.807, 2.05) is 25.1 Å². The zero-order valence-corrected chi connectivity index (χ0v) is 14.6. The first kappa shape index (κ1) is 16.5. The third-order valence-corrected chi connectivity index (χ3v) is 6.37. The first-order valence-electron chi connectivity index (χ1n) is 9.28. The summed E-state index contributed by atoms with van der Waals surface area (Å²) < 4.78 is 6.30. The zero-order valence-electron chi connectivity index (χ0n) is 14.6. The molecule has 2 unspecified atom stereocenters. The molecule has 1 aromatic rings. The Bertz CT molecular complexity index is 576. The van der Waals surface area contributed by atoms with Gasteiger partial charge in [-0.1, -0.05) is 37.3 Å². The molecular weight excluding hydrogens is 302 g/mol. The van der Waals surface area contributed by atoms with Gasteiger partial charge in [-0.25, -0.2) is 0 Å². The Hall–Kier alpha value is -0.940. The van der Waals surface area contributed by atoms with Crippen molar-refractivity contribution in [3.8, 4) is 0 Å². The van der Waals surface area contributed by atoms with Gasteiger partial charge in [-0.2, -0.15) is 0 Å². The van der Waals surface area contributed by atoms with E-state index in [1.165, 1.54) is 5.56 Å². The molecule has 7 atom stereocenters. The average molecular weight is 331 g/mol. The van der Waals surface area contributed by atoms with Crippen LogP contribution in [0.5, 0.6) is 0 Å². The van der Waals surface area contributed by atoms with E-state index in [0.717, 1.165) is 19.3 Å². The lowest BCUT2D eigenvalue weighted by Gasteiger charge is -2.54. The number of rotatable bonds is 3. The van der Waals surface area contributed by atoms with Gasteiger partial charge in [0, 0.05) is 18.1 Å². The lowest BCUT2D eigenvalue weighted by atomic mass is 9.75. The van der Waals surface area contributed by atoms with Crippen LogP contribution < -0.4 is 0 Å². The maximum absolute atomic E-state index is 10.6. The van der Waals surface area contributed by atoms with Crippen LogP contribution in [0.2, 0.25) is 0 Å². The van der Waals surface area contributed by atoms with Crippen molar-refractivity contribution in [2.75, 3.05) is 0 Å². The number of nitrogens with zero attached hydrogens (tertiary/aromatic N) is 1. The predicted octanol–water partition coefficient (Wildman–Crippen LogP) is 2.33. The van der Waals surface area contributed by atoms with E-state index in [-0.39, 0.29) is 24.3 Å². The molecule has 0 spiro atoms. The molecule has 3 aliphatic rings. The largest absolute Gasteiger partial charge is 0.391 e. The topological polar surface area (TPSA) is 52.9 Å². The third kappa shape index (κ3) is 2.90. The number of benzene rings is 1. The Morgan fingerprint density at radius 1 is 1.12 bits per heavy atom. The van der Waals surface area contributed by atoms with E-state index < -0.39 is 5.60 Å². The molecule has 3 aliphatic heterocycles. The summed E-state index contributed by atoms with van der Waals surface area (Å²) in [5.41, 5.74) is 0.539. The van der Waals surface area contributed by atoms with E-state index in [9.17, 15) is 10.2 Å². The molecule has 0 amide bonds. The fourth-order valence-electron chi connectivity index (χ4n) is 5.27. The van der Waals surface area contributed by atoms with Crippen LogP contribution >= 0.6 is 0 Å². The summed E-state index contributed by atoms with van der Waals surface area (Å²) in [6, 6.07) is 11.0. The minimum atomic E-state index is -0.659. The summed E-state index contributed by atoms with van der Waals surface area (Å²) in [4.78, 5) is 2.49. The Morgan fingerprint density at radius 3 is 2.58 bits per heavy atom. The first-order chi connectivity index (χ1) is 11.4. The monoisotopic (exact) mass is 331 g/mol. The van der Waals surface area contributed by atoms with Crippen LogP contribution in [-0.2, 0) is 11.3 Å². The van der Waals surface area contributed by atoms with Crippen LogP contribution in [0.25, 0.3) is 0 Å². The van der Waals surface area contributed by atoms with Gasteiger partial charge in [0.25, 0.3) is 0 Å². The molecule has 1 aromatic carbocycles. The smallest absolute Gasteiger partial charge is 0.0739 e. The van der Waals surface area contributed by atoms with Gasteiger partial charge >= 0.3 is 0 Å².